The zero-order valence-electron chi connectivity index (χ0n) is 13.2. The first-order valence-corrected chi connectivity index (χ1v) is 7.89. The minimum atomic E-state index is -0.514. The van der Waals surface area contributed by atoms with Crippen molar-refractivity contribution < 1.29 is 14.4 Å². The lowest BCUT2D eigenvalue weighted by atomic mass is 9.77. The summed E-state index contributed by atoms with van der Waals surface area (Å²) in [7, 11) is -0.514. The lowest BCUT2D eigenvalue weighted by Crippen LogP contribution is -2.41. The molecule has 0 atom stereocenters. The summed E-state index contributed by atoms with van der Waals surface area (Å²) in [4.78, 5) is 0. The first kappa shape index (κ1) is 16.8. The van der Waals surface area contributed by atoms with Crippen LogP contribution in [-0.2, 0) is 9.31 Å². The summed E-state index contributed by atoms with van der Waals surface area (Å²) in [6, 6.07) is 6.08. The summed E-state index contributed by atoms with van der Waals surface area (Å²) >= 11 is 3.52. The van der Waals surface area contributed by atoms with Crippen molar-refractivity contribution in [2.45, 2.75) is 45.8 Å². The Labute approximate surface area is 135 Å². The quantitative estimate of drug-likeness (QED) is 0.841. The predicted molar refractivity (Wildman–Crippen MR) is 90.0 cm³/mol. The molecule has 1 aliphatic rings. The third kappa shape index (κ3) is 3.42. The van der Waals surface area contributed by atoms with Crippen molar-refractivity contribution in [3.05, 3.63) is 39.3 Å². The normalized spacial score (nSPS) is 20.9. The molecule has 0 aromatic heterocycles. The summed E-state index contributed by atoms with van der Waals surface area (Å²) in [5.41, 5.74) is 2.10. The first-order chi connectivity index (χ1) is 9.66. The highest BCUT2D eigenvalue weighted by Gasteiger charge is 2.52. The topological polar surface area (TPSA) is 38.7 Å². The molecular formula is C16H22BBrO3. The van der Waals surface area contributed by atoms with Gasteiger partial charge in [0.05, 0.1) is 17.8 Å². The Hall–Kier alpha value is -0.615. The number of aliphatic hydroxyl groups excluding tert-OH is 1. The highest BCUT2D eigenvalue weighted by Crippen LogP contribution is 2.38. The van der Waals surface area contributed by atoms with Crippen molar-refractivity contribution in [1.29, 1.82) is 0 Å². The Bertz CT molecular complexity index is 551. The van der Waals surface area contributed by atoms with E-state index in [1.165, 1.54) is 5.56 Å². The van der Waals surface area contributed by atoms with Gasteiger partial charge in [0.15, 0.2) is 0 Å². The summed E-state index contributed by atoms with van der Waals surface area (Å²) in [5, 5.41) is 9.67. The number of benzene rings is 1. The number of hydrogen-bond donors (Lipinski definition) is 1. The third-order valence-corrected chi connectivity index (χ3v) is 5.14. The van der Waals surface area contributed by atoms with Crippen LogP contribution < -0.4 is 0 Å². The smallest absolute Gasteiger partial charge is 0.400 e. The molecule has 1 N–H and O–H groups in total. The van der Waals surface area contributed by atoms with Gasteiger partial charge in [-0.3, -0.25) is 0 Å². The largest absolute Gasteiger partial charge is 0.492 e. The lowest BCUT2D eigenvalue weighted by molar-refractivity contribution is 0.00578. The SMILES string of the molecule is Cc1ccc(C=C(CO)B2OC(C)(C)C(C)(C)O2)cc1Br. The fourth-order valence-electron chi connectivity index (χ4n) is 2.10. The molecule has 21 heavy (non-hydrogen) atoms. The molecule has 114 valence electrons. The highest BCUT2D eigenvalue weighted by atomic mass is 79.9. The van der Waals surface area contributed by atoms with Crippen LogP contribution in [-0.4, -0.2) is 30.0 Å². The van der Waals surface area contributed by atoms with E-state index >= 15 is 0 Å². The Kier molecular flexibility index (Phi) is 4.69. The molecule has 1 saturated heterocycles. The van der Waals surface area contributed by atoms with Gasteiger partial charge >= 0.3 is 7.12 Å². The average molecular weight is 353 g/mol. The second kappa shape index (κ2) is 5.88. The van der Waals surface area contributed by atoms with E-state index in [-0.39, 0.29) is 6.61 Å². The second-order valence-electron chi connectivity index (χ2n) is 6.47. The lowest BCUT2D eigenvalue weighted by Gasteiger charge is -2.32. The third-order valence-electron chi connectivity index (χ3n) is 4.29. The van der Waals surface area contributed by atoms with Crippen LogP contribution in [0, 0.1) is 6.92 Å². The van der Waals surface area contributed by atoms with Crippen molar-refractivity contribution in [2.24, 2.45) is 0 Å². The van der Waals surface area contributed by atoms with Crippen LogP contribution in [0.5, 0.6) is 0 Å². The Morgan fingerprint density at radius 3 is 2.29 bits per heavy atom. The van der Waals surface area contributed by atoms with Gasteiger partial charge in [-0.15, -0.1) is 0 Å². The van der Waals surface area contributed by atoms with Crippen LogP contribution in [0.4, 0.5) is 0 Å². The fraction of sp³-hybridized carbons (Fsp3) is 0.500. The highest BCUT2D eigenvalue weighted by molar-refractivity contribution is 9.10. The predicted octanol–water partition coefficient (Wildman–Crippen LogP) is 3.76. The Morgan fingerprint density at radius 1 is 1.24 bits per heavy atom. The van der Waals surface area contributed by atoms with E-state index < -0.39 is 18.3 Å². The molecule has 1 heterocycles. The number of rotatable bonds is 3. The van der Waals surface area contributed by atoms with Crippen LogP contribution in [0.25, 0.3) is 6.08 Å². The molecule has 0 bridgehead atoms. The molecule has 0 radical (unpaired) electrons. The van der Waals surface area contributed by atoms with E-state index in [4.69, 9.17) is 9.31 Å². The molecule has 0 unspecified atom stereocenters. The molecule has 0 saturated carbocycles. The monoisotopic (exact) mass is 352 g/mol. The summed E-state index contributed by atoms with van der Waals surface area (Å²) < 4.78 is 13.0. The van der Waals surface area contributed by atoms with Gasteiger partial charge in [0.1, 0.15) is 0 Å². The zero-order chi connectivity index (χ0) is 15.8. The van der Waals surface area contributed by atoms with E-state index in [1.54, 1.807) is 0 Å². The van der Waals surface area contributed by atoms with Crippen molar-refractivity contribution in [1.82, 2.24) is 0 Å². The van der Waals surface area contributed by atoms with Gasteiger partial charge in [-0.1, -0.05) is 34.1 Å². The van der Waals surface area contributed by atoms with E-state index in [0.29, 0.717) is 0 Å². The number of aliphatic hydroxyl groups is 1. The molecule has 0 amide bonds. The number of hydrogen-bond acceptors (Lipinski definition) is 3. The van der Waals surface area contributed by atoms with Crippen LogP contribution in [0.2, 0.25) is 0 Å². The van der Waals surface area contributed by atoms with Gasteiger partial charge in [0.25, 0.3) is 0 Å². The maximum absolute atomic E-state index is 9.67. The summed E-state index contributed by atoms with van der Waals surface area (Å²) in [6.07, 6.45) is 1.92. The number of halogens is 1. The van der Waals surface area contributed by atoms with Gasteiger partial charge in [0, 0.05) is 4.47 Å². The molecule has 2 rings (SSSR count). The van der Waals surface area contributed by atoms with Crippen molar-refractivity contribution in [3.63, 3.8) is 0 Å². The number of aryl methyl sites for hydroxylation is 1. The zero-order valence-corrected chi connectivity index (χ0v) is 14.8. The van der Waals surface area contributed by atoms with Crippen molar-refractivity contribution in [2.75, 3.05) is 6.61 Å². The Balaban J connectivity index is 2.28. The maximum Gasteiger partial charge on any atom is 0.492 e. The molecule has 5 heteroatoms. The van der Waals surface area contributed by atoms with E-state index in [2.05, 4.69) is 15.9 Å². The van der Waals surface area contributed by atoms with Gasteiger partial charge < -0.3 is 14.4 Å². The van der Waals surface area contributed by atoms with Crippen LogP contribution in [0.3, 0.4) is 0 Å². The van der Waals surface area contributed by atoms with Gasteiger partial charge in [0.2, 0.25) is 0 Å². The first-order valence-electron chi connectivity index (χ1n) is 7.09. The van der Waals surface area contributed by atoms with E-state index in [1.807, 2.05) is 58.9 Å². The minimum absolute atomic E-state index is 0.0949. The summed E-state index contributed by atoms with van der Waals surface area (Å²) in [6.45, 7) is 9.96. The molecule has 0 spiro atoms. The average Bonchev–Trinajstić information content (AvgIpc) is 2.59. The van der Waals surface area contributed by atoms with Crippen molar-refractivity contribution in [3.8, 4) is 0 Å². The molecule has 1 aromatic rings. The van der Waals surface area contributed by atoms with Crippen LogP contribution in [0.1, 0.15) is 38.8 Å². The second-order valence-corrected chi connectivity index (χ2v) is 7.33. The molecule has 1 fully saturated rings. The van der Waals surface area contributed by atoms with Crippen LogP contribution >= 0.6 is 15.9 Å². The molecule has 1 aliphatic heterocycles. The van der Waals surface area contributed by atoms with Gasteiger partial charge in [-0.25, -0.2) is 0 Å². The van der Waals surface area contributed by atoms with Gasteiger partial charge in [-0.2, -0.15) is 0 Å². The fourth-order valence-corrected chi connectivity index (χ4v) is 2.49. The van der Waals surface area contributed by atoms with Crippen LogP contribution in [0.15, 0.2) is 28.1 Å². The molecular weight excluding hydrogens is 331 g/mol. The van der Waals surface area contributed by atoms with Gasteiger partial charge in [-0.05, 0) is 57.3 Å². The van der Waals surface area contributed by atoms with E-state index in [9.17, 15) is 5.11 Å². The standard InChI is InChI=1S/C16H22BBrO3/c1-11-6-7-12(9-14(11)18)8-13(10-19)17-20-15(2,3)16(4,5)21-17/h6-9,19H,10H2,1-5H3. The molecule has 3 nitrogen and oxygen atoms in total. The minimum Gasteiger partial charge on any atom is -0.400 e. The van der Waals surface area contributed by atoms with E-state index in [0.717, 1.165) is 15.5 Å². The summed E-state index contributed by atoms with van der Waals surface area (Å²) in [5.74, 6) is 0. The molecule has 1 aromatic carbocycles. The molecule has 0 aliphatic carbocycles. The maximum atomic E-state index is 9.67. The Morgan fingerprint density at radius 2 is 1.81 bits per heavy atom. The van der Waals surface area contributed by atoms with Crippen molar-refractivity contribution >= 4 is 29.1 Å².